The number of fused-ring (bicyclic) bond motifs is 1. The SMILES string of the molecule is Cc1c(CC(=O)c2ncc(-c3ccccn3)o2)c2c(Cl)c(O)ccc2n1C(=O)c1ccc(Cl)cc1. The van der Waals surface area contributed by atoms with E-state index in [1.165, 1.54) is 16.8 Å². The van der Waals surface area contributed by atoms with Gasteiger partial charge in [-0.2, -0.15) is 0 Å². The predicted molar refractivity (Wildman–Crippen MR) is 132 cm³/mol. The molecule has 0 saturated heterocycles. The normalized spacial score (nSPS) is 11.2. The molecule has 0 aliphatic heterocycles. The van der Waals surface area contributed by atoms with Crippen molar-refractivity contribution >= 4 is 45.8 Å². The maximum Gasteiger partial charge on any atom is 0.264 e. The number of carbonyl (C=O) groups is 2. The van der Waals surface area contributed by atoms with Gasteiger partial charge in [-0.05, 0) is 61.0 Å². The van der Waals surface area contributed by atoms with Crippen molar-refractivity contribution in [1.29, 1.82) is 0 Å². The Morgan fingerprint density at radius 3 is 2.51 bits per heavy atom. The van der Waals surface area contributed by atoms with Gasteiger partial charge in [-0.15, -0.1) is 0 Å². The zero-order chi connectivity index (χ0) is 24.7. The quantitative estimate of drug-likeness (QED) is 0.288. The van der Waals surface area contributed by atoms with Gasteiger partial charge in [-0.1, -0.05) is 29.3 Å². The molecule has 3 aromatic heterocycles. The van der Waals surface area contributed by atoms with Crippen LogP contribution in [0.3, 0.4) is 0 Å². The lowest BCUT2D eigenvalue weighted by atomic mass is 10.0. The van der Waals surface area contributed by atoms with E-state index in [2.05, 4.69) is 9.97 Å². The van der Waals surface area contributed by atoms with Gasteiger partial charge >= 0.3 is 0 Å². The van der Waals surface area contributed by atoms with Gasteiger partial charge in [0.25, 0.3) is 11.8 Å². The van der Waals surface area contributed by atoms with Crippen LogP contribution < -0.4 is 0 Å². The Morgan fingerprint density at radius 1 is 1.03 bits per heavy atom. The van der Waals surface area contributed by atoms with Crippen molar-refractivity contribution in [2.45, 2.75) is 13.3 Å². The summed E-state index contributed by atoms with van der Waals surface area (Å²) in [5.41, 5.74) is 2.43. The van der Waals surface area contributed by atoms with Crippen molar-refractivity contribution in [2.24, 2.45) is 0 Å². The van der Waals surface area contributed by atoms with E-state index in [1.54, 1.807) is 61.7 Å². The molecular formula is C26H17Cl2N3O4. The number of Topliss-reactive ketones (excluding diaryl/α,β-unsaturated/α-hetero) is 1. The molecule has 0 amide bonds. The van der Waals surface area contributed by atoms with Crippen LogP contribution in [0.15, 0.2) is 71.4 Å². The second kappa shape index (κ2) is 9.02. The van der Waals surface area contributed by atoms with E-state index in [1.807, 2.05) is 0 Å². The Labute approximate surface area is 209 Å². The zero-order valence-electron chi connectivity index (χ0n) is 18.3. The molecule has 0 aliphatic rings. The van der Waals surface area contributed by atoms with E-state index >= 15 is 0 Å². The first kappa shape index (κ1) is 22.8. The number of ketones is 1. The minimum absolute atomic E-state index is 0.0534. The molecule has 0 radical (unpaired) electrons. The molecule has 5 rings (SSSR count). The molecule has 0 aliphatic carbocycles. The van der Waals surface area contributed by atoms with E-state index < -0.39 is 5.78 Å². The number of phenolic OH excluding ortho intramolecular Hbond substituents is 1. The Morgan fingerprint density at radius 2 is 1.80 bits per heavy atom. The molecule has 1 N–H and O–H groups in total. The van der Waals surface area contributed by atoms with Gasteiger partial charge in [0.15, 0.2) is 5.76 Å². The van der Waals surface area contributed by atoms with Crippen molar-refractivity contribution in [3.05, 3.63) is 99.7 Å². The predicted octanol–water partition coefficient (Wildman–Crippen LogP) is 6.13. The van der Waals surface area contributed by atoms with Gasteiger partial charge in [0.1, 0.15) is 11.4 Å². The summed E-state index contributed by atoms with van der Waals surface area (Å²) < 4.78 is 7.13. The van der Waals surface area contributed by atoms with Crippen molar-refractivity contribution in [2.75, 3.05) is 0 Å². The van der Waals surface area contributed by atoms with Crippen LogP contribution in [0.5, 0.6) is 5.75 Å². The standard InChI is InChI=1S/C26H17Cl2N3O4/c1-14-17(12-21(33)25-30-13-22(35-25)18-4-2-3-11-29-18)23-19(9-10-20(32)24(23)28)31(14)26(34)15-5-7-16(27)8-6-15/h2-11,13,32H,12H2,1H3. The second-order valence-corrected chi connectivity index (χ2v) is 8.66. The highest BCUT2D eigenvalue weighted by molar-refractivity contribution is 6.37. The number of nitrogens with zero attached hydrogens (tertiary/aromatic N) is 3. The van der Waals surface area contributed by atoms with Crippen molar-refractivity contribution < 1.29 is 19.1 Å². The van der Waals surface area contributed by atoms with Crippen molar-refractivity contribution in [3.8, 4) is 17.2 Å². The lowest BCUT2D eigenvalue weighted by Crippen LogP contribution is -2.14. The summed E-state index contributed by atoms with van der Waals surface area (Å²) in [5.74, 6) is -0.615. The number of carbonyl (C=O) groups excluding carboxylic acids is 2. The maximum absolute atomic E-state index is 13.4. The van der Waals surface area contributed by atoms with Crippen LogP contribution >= 0.6 is 23.2 Å². The number of rotatable bonds is 5. The summed E-state index contributed by atoms with van der Waals surface area (Å²) in [6.45, 7) is 1.72. The molecule has 0 fully saturated rings. The van der Waals surface area contributed by atoms with Crippen LogP contribution in [0.4, 0.5) is 0 Å². The first-order valence-electron chi connectivity index (χ1n) is 10.6. The fourth-order valence-corrected chi connectivity index (χ4v) is 4.39. The second-order valence-electron chi connectivity index (χ2n) is 7.85. The van der Waals surface area contributed by atoms with Crippen molar-refractivity contribution in [1.82, 2.24) is 14.5 Å². The van der Waals surface area contributed by atoms with Gasteiger partial charge in [-0.3, -0.25) is 19.1 Å². The Kier molecular flexibility index (Phi) is 5.88. The van der Waals surface area contributed by atoms with Crippen LogP contribution in [0.1, 0.15) is 32.3 Å². The highest BCUT2D eigenvalue weighted by Crippen LogP contribution is 2.38. The van der Waals surface area contributed by atoms with E-state index in [0.29, 0.717) is 44.2 Å². The molecular weight excluding hydrogens is 489 g/mol. The number of aromatic hydroxyl groups is 1. The molecule has 35 heavy (non-hydrogen) atoms. The van der Waals surface area contributed by atoms with E-state index in [-0.39, 0.29) is 29.0 Å². The Hall–Kier alpha value is -3.94. The highest BCUT2D eigenvalue weighted by atomic mass is 35.5. The number of hydrogen-bond acceptors (Lipinski definition) is 6. The first-order valence-corrected chi connectivity index (χ1v) is 11.3. The summed E-state index contributed by atoms with van der Waals surface area (Å²) in [7, 11) is 0. The molecule has 0 unspecified atom stereocenters. The molecule has 0 atom stereocenters. The van der Waals surface area contributed by atoms with Crippen LogP contribution in [0.2, 0.25) is 10.0 Å². The topological polar surface area (TPSA) is 98.2 Å². The number of pyridine rings is 1. The molecule has 0 spiro atoms. The number of hydrogen-bond donors (Lipinski definition) is 1. The van der Waals surface area contributed by atoms with Crippen LogP contribution in [-0.2, 0) is 6.42 Å². The number of aromatic nitrogens is 3. The molecule has 2 aromatic carbocycles. The smallest absolute Gasteiger partial charge is 0.264 e. The van der Waals surface area contributed by atoms with Crippen molar-refractivity contribution in [3.63, 3.8) is 0 Å². The summed E-state index contributed by atoms with van der Waals surface area (Å²) in [6.07, 6.45) is 2.91. The van der Waals surface area contributed by atoms with Gasteiger partial charge in [0, 0.05) is 34.3 Å². The van der Waals surface area contributed by atoms with Crippen LogP contribution in [-0.4, -0.2) is 31.3 Å². The first-order chi connectivity index (χ1) is 16.8. The lowest BCUT2D eigenvalue weighted by Gasteiger charge is -2.08. The third-order valence-electron chi connectivity index (χ3n) is 5.71. The fourth-order valence-electron chi connectivity index (χ4n) is 3.99. The summed E-state index contributed by atoms with van der Waals surface area (Å²) in [6, 6.07) is 14.8. The lowest BCUT2D eigenvalue weighted by molar-refractivity contribution is 0.0948. The summed E-state index contributed by atoms with van der Waals surface area (Å²) in [5, 5.41) is 11.2. The minimum Gasteiger partial charge on any atom is -0.506 e. The van der Waals surface area contributed by atoms with E-state index in [9.17, 15) is 14.7 Å². The Bertz CT molecular complexity index is 1590. The molecule has 174 valence electrons. The zero-order valence-corrected chi connectivity index (χ0v) is 19.8. The third-order valence-corrected chi connectivity index (χ3v) is 6.34. The molecule has 3 heterocycles. The Balaban J connectivity index is 1.57. The molecule has 0 saturated carbocycles. The molecule has 5 aromatic rings. The summed E-state index contributed by atoms with van der Waals surface area (Å²) in [4.78, 5) is 34.9. The van der Waals surface area contributed by atoms with Gasteiger partial charge in [0.05, 0.1) is 16.7 Å². The minimum atomic E-state index is -0.410. The van der Waals surface area contributed by atoms with Gasteiger partial charge < -0.3 is 9.52 Å². The number of oxazole rings is 1. The largest absolute Gasteiger partial charge is 0.506 e. The van der Waals surface area contributed by atoms with Crippen LogP contribution in [0.25, 0.3) is 22.4 Å². The van der Waals surface area contributed by atoms with Gasteiger partial charge in [0.2, 0.25) is 5.78 Å². The third kappa shape index (κ3) is 4.09. The van der Waals surface area contributed by atoms with Crippen LogP contribution in [0, 0.1) is 6.92 Å². The molecule has 0 bridgehead atoms. The maximum atomic E-state index is 13.4. The number of halogens is 2. The average molecular weight is 506 g/mol. The monoisotopic (exact) mass is 505 g/mol. The summed E-state index contributed by atoms with van der Waals surface area (Å²) >= 11 is 12.4. The molecule has 7 nitrogen and oxygen atoms in total. The number of benzene rings is 2. The van der Waals surface area contributed by atoms with E-state index in [4.69, 9.17) is 27.6 Å². The highest BCUT2D eigenvalue weighted by Gasteiger charge is 2.26. The fraction of sp³-hybridized carbons (Fsp3) is 0.0769. The average Bonchev–Trinajstić information content (AvgIpc) is 3.46. The molecule has 9 heteroatoms. The number of phenols is 1. The van der Waals surface area contributed by atoms with E-state index in [0.717, 1.165) is 0 Å². The van der Waals surface area contributed by atoms with Gasteiger partial charge in [-0.25, -0.2) is 4.98 Å².